The Balaban J connectivity index is 1.78. The van der Waals surface area contributed by atoms with Crippen LogP contribution in [0.15, 0.2) is 42.5 Å². The lowest BCUT2D eigenvalue weighted by molar-refractivity contribution is -0.140. The van der Waals surface area contributed by atoms with Crippen molar-refractivity contribution in [2.24, 2.45) is 0 Å². The van der Waals surface area contributed by atoms with Gasteiger partial charge < -0.3 is 10.2 Å². The minimum absolute atomic E-state index is 0.0463. The van der Waals surface area contributed by atoms with Crippen LogP contribution in [-0.4, -0.2) is 28.8 Å². The first-order valence-corrected chi connectivity index (χ1v) is 11.6. The van der Waals surface area contributed by atoms with Gasteiger partial charge in [0.15, 0.2) is 0 Å². The van der Waals surface area contributed by atoms with Gasteiger partial charge in [-0.25, -0.2) is 0 Å². The quantitative estimate of drug-likeness (QED) is 0.629. The molecule has 2 amide bonds. The molecule has 1 aliphatic carbocycles. The molecular weight excluding hydrogens is 408 g/mol. The van der Waals surface area contributed by atoms with Gasteiger partial charge in [-0.3, -0.25) is 9.59 Å². The molecule has 1 aliphatic rings. The molecule has 0 heterocycles. The normalized spacial score (nSPS) is 15.4. The number of halogens is 1. The summed E-state index contributed by atoms with van der Waals surface area (Å²) in [5.41, 5.74) is 4.17. The Labute approximate surface area is 191 Å². The van der Waals surface area contributed by atoms with Gasteiger partial charge in [0.25, 0.3) is 0 Å². The average Bonchev–Trinajstić information content (AvgIpc) is 2.76. The zero-order chi connectivity index (χ0) is 22.4. The first-order chi connectivity index (χ1) is 14.8. The third-order valence-corrected chi connectivity index (χ3v) is 6.48. The Morgan fingerprint density at radius 1 is 1.06 bits per heavy atom. The lowest BCUT2D eigenvalue weighted by atomic mass is 9.95. The van der Waals surface area contributed by atoms with E-state index in [0.29, 0.717) is 11.6 Å². The SMILES string of the molecule is Cc1ccc(C)c(CC(=O)N(Cc2ccc(Cl)cc2)[C@H](C)C(=O)NC2CCCCC2)c1. The van der Waals surface area contributed by atoms with E-state index in [9.17, 15) is 9.59 Å². The van der Waals surface area contributed by atoms with Crippen molar-refractivity contribution in [2.45, 2.75) is 77.9 Å². The fourth-order valence-corrected chi connectivity index (χ4v) is 4.32. The molecule has 0 spiro atoms. The first kappa shape index (κ1) is 23.3. The molecule has 1 atom stereocenters. The summed E-state index contributed by atoms with van der Waals surface area (Å²) in [6, 6.07) is 13.3. The number of hydrogen-bond donors (Lipinski definition) is 1. The van der Waals surface area contributed by atoms with Crippen LogP contribution in [0.25, 0.3) is 0 Å². The van der Waals surface area contributed by atoms with Crippen LogP contribution in [0.5, 0.6) is 0 Å². The molecule has 1 saturated carbocycles. The summed E-state index contributed by atoms with van der Waals surface area (Å²) >= 11 is 6.03. The fourth-order valence-electron chi connectivity index (χ4n) is 4.19. The number of nitrogens with one attached hydrogen (secondary N) is 1. The van der Waals surface area contributed by atoms with Gasteiger partial charge in [-0.2, -0.15) is 0 Å². The molecule has 2 aromatic rings. The van der Waals surface area contributed by atoms with Crippen LogP contribution in [0.2, 0.25) is 5.02 Å². The molecule has 1 fully saturated rings. The van der Waals surface area contributed by atoms with Crippen LogP contribution in [-0.2, 0) is 22.6 Å². The van der Waals surface area contributed by atoms with Crippen LogP contribution in [0, 0.1) is 13.8 Å². The van der Waals surface area contributed by atoms with Gasteiger partial charge in [0.05, 0.1) is 6.42 Å². The molecule has 5 heteroatoms. The van der Waals surface area contributed by atoms with Crippen LogP contribution in [0.3, 0.4) is 0 Å². The highest BCUT2D eigenvalue weighted by Gasteiger charge is 2.28. The van der Waals surface area contributed by atoms with Gasteiger partial charge in [-0.15, -0.1) is 0 Å². The largest absolute Gasteiger partial charge is 0.352 e. The fraction of sp³-hybridized carbons (Fsp3) is 0.462. The molecule has 1 N–H and O–H groups in total. The minimum atomic E-state index is -0.546. The molecule has 0 saturated heterocycles. The van der Waals surface area contributed by atoms with Crippen molar-refractivity contribution in [1.29, 1.82) is 0 Å². The average molecular weight is 441 g/mol. The molecule has 166 valence electrons. The van der Waals surface area contributed by atoms with E-state index in [0.717, 1.165) is 47.9 Å². The highest BCUT2D eigenvalue weighted by molar-refractivity contribution is 6.30. The number of aryl methyl sites for hydroxylation is 2. The molecule has 0 unspecified atom stereocenters. The van der Waals surface area contributed by atoms with Crippen molar-refractivity contribution in [3.8, 4) is 0 Å². The minimum Gasteiger partial charge on any atom is -0.352 e. The molecule has 0 aromatic heterocycles. The lowest BCUT2D eigenvalue weighted by Gasteiger charge is -2.31. The maximum absolute atomic E-state index is 13.4. The van der Waals surface area contributed by atoms with E-state index in [1.165, 1.54) is 6.42 Å². The molecule has 31 heavy (non-hydrogen) atoms. The topological polar surface area (TPSA) is 49.4 Å². The van der Waals surface area contributed by atoms with E-state index in [4.69, 9.17) is 11.6 Å². The van der Waals surface area contributed by atoms with Crippen molar-refractivity contribution >= 4 is 23.4 Å². The number of nitrogens with zero attached hydrogens (tertiary/aromatic N) is 1. The first-order valence-electron chi connectivity index (χ1n) is 11.2. The third kappa shape index (κ3) is 6.57. The van der Waals surface area contributed by atoms with Crippen molar-refractivity contribution in [3.05, 3.63) is 69.7 Å². The second-order valence-electron chi connectivity index (χ2n) is 8.77. The second kappa shape index (κ2) is 10.8. The zero-order valence-corrected chi connectivity index (χ0v) is 19.5. The molecule has 0 bridgehead atoms. The van der Waals surface area contributed by atoms with E-state index < -0.39 is 6.04 Å². The summed E-state index contributed by atoms with van der Waals surface area (Å²) in [5.74, 6) is -0.120. The van der Waals surface area contributed by atoms with Crippen LogP contribution in [0.1, 0.15) is 61.3 Å². The Morgan fingerprint density at radius 2 is 1.74 bits per heavy atom. The van der Waals surface area contributed by atoms with E-state index in [1.807, 2.05) is 51.1 Å². The third-order valence-electron chi connectivity index (χ3n) is 6.23. The highest BCUT2D eigenvalue weighted by atomic mass is 35.5. The molecule has 0 aliphatic heterocycles. The second-order valence-corrected chi connectivity index (χ2v) is 9.21. The highest BCUT2D eigenvalue weighted by Crippen LogP contribution is 2.20. The maximum atomic E-state index is 13.4. The number of carbonyl (C=O) groups excluding carboxylic acids is 2. The van der Waals surface area contributed by atoms with Crippen molar-refractivity contribution in [2.75, 3.05) is 0 Å². The maximum Gasteiger partial charge on any atom is 0.242 e. The zero-order valence-electron chi connectivity index (χ0n) is 18.8. The Kier molecular flexibility index (Phi) is 8.14. The summed E-state index contributed by atoms with van der Waals surface area (Å²) in [4.78, 5) is 28.2. The summed E-state index contributed by atoms with van der Waals surface area (Å²) in [5, 5.41) is 3.83. The molecule has 0 radical (unpaired) electrons. The lowest BCUT2D eigenvalue weighted by Crippen LogP contribution is -2.50. The monoisotopic (exact) mass is 440 g/mol. The molecule has 2 aromatic carbocycles. The molecular formula is C26H33ClN2O2. The van der Waals surface area contributed by atoms with E-state index >= 15 is 0 Å². The predicted octanol–water partition coefficient (Wildman–Crippen LogP) is 5.37. The van der Waals surface area contributed by atoms with E-state index in [1.54, 1.807) is 4.90 Å². The Hall–Kier alpha value is -2.33. The summed E-state index contributed by atoms with van der Waals surface area (Å²) in [6.07, 6.45) is 5.86. The summed E-state index contributed by atoms with van der Waals surface area (Å²) < 4.78 is 0. The number of amides is 2. The summed E-state index contributed by atoms with van der Waals surface area (Å²) in [7, 11) is 0. The van der Waals surface area contributed by atoms with Crippen LogP contribution in [0.4, 0.5) is 0 Å². The van der Waals surface area contributed by atoms with E-state index in [-0.39, 0.29) is 24.3 Å². The van der Waals surface area contributed by atoms with Crippen molar-refractivity contribution in [1.82, 2.24) is 10.2 Å². The Morgan fingerprint density at radius 3 is 2.42 bits per heavy atom. The number of rotatable bonds is 7. The van der Waals surface area contributed by atoms with Crippen LogP contribution < -0.4 is 5.32 Å². The van der Waals surface area contributed by atoms with Crippen molar-refractivity contribution in [3.63, 3.8) is 0 Å². The summed E-state index contributed by atoms with van der Waals surface area (Å²) in [6.45, 7) is 6.25. The van der Waals surface area contributed by atoms with Gasteiger partial charge in [0.2, 0.25) is 11.8 Å². The van der Waals surface area contributed by atoms with Gasteiger partial charge >= 0.3 is 0 Å². The van der Waals surface area contributed by atoms with Gasteiger partial charge in [-0.05, 0) is 62.4 Å². The molecule has 3 rings (SSSR count). The van der Waals surface area contributed by atoms with Gasteiger partial charge in [0.1, 0.15) is 6.04 Å². The smallest absolute Gasteiger partial charge is 0.242 e. The van der Waals surface area contributed by atoms with Crippen molar-refractivity contribution < 1.29 is 9.59 Å². The van der Waals surface area contributed by atoms with E-state index in [2.05, 4.69) is 17.4 Å². The Bertz CT molecular complexity index is 904. The standard InChI is InChI=1S/C26H33ClN2O2/c1-18-9-10-19(2)22(15-18)16-25(30)29(17-21-11-13-23(27)14-12-21)20(3)26(31)28-24-7-5-4-6-8-24/h9-15,20,24H,4-8,16-17H2,1-3H3,(H,28,31)/t20-/m1/s1. The van der Waals surface area contributed by atoms with Crippen LogP contribution >= 0.6 is 11.6 Å². The molecule has 4 nitrogen and oxygen atoms in total. The number of carbonyl (C=O) groups is 2. The number of benzene rings is 2. The van der Waals surface area contributed by atoms with Gasteiger partial charge in [0, 0.05) is 17.6 Å². The van der Waals surface area contributed by atoms with Gasteiger partial charge in [-0.1, -0.05) is 66.8 Å². The number of hydrogen-bond acceptors (Lipinski definition) is 2. The predicted molar refractivity (Wildman–Crippen MR) is 126 cm³/mol.